The van der Waals surface area contributed by atoms with Gasteiger partial charge in [0.1, 0.15) is 5.75 Å². The highest BCUT2D eigenvalue weighted by Crippen LogP contribution is 2.36. The largest absolute Gasteiger partial charge is 0.483 e. The van der Waals surface area contributed by atoms with Crippen LogP contribution in [0.15, 0.2) is 41.3 Å². The van der Waals surface area contributed by atoms with E-state index in [-0.39, 0.29) is 22.4 Å². The molecule has 33 heavy (non-hydrogen) atoms. The molecule has 11 heteroatoms. The maximum absolute atomic E-state index is 13.0. The third-order valence-corrected chi connectivity index (χ3v) is 7.15. The van der Waals surface area contributed by atoms with Gasteiger partial charge < -0.3 is 10.1 Å². The van der Waals surface area contributed by atoms with E-state index in [0.29, 0.717) is 5.56 Å². The molecule has 0 radical (unpaired) electrons. The van der Waals surface area contributed by atoms with E-state index in [1.807, 2.05) is 0 Å². The smallest absolute Gasteiger partial charge is 0.417 e. The van der Waals surface area contributed by atoms with E-state index in [1.165, 1.54) is 24.3 Å². The normalized spacial score (nSPS) is 15.3. The third kappa shape index (κ3) is 6.84. The molecule has 2 aromatic carbocycles. The zero-order chi connectivity index (χ0) is 24.2. The molecule has 0 bridgehead atoms. The highest BCUT2D eigenvalue weighted by atomic mass is 35.5. The summed E-state index contributed by atoms with van der Waals surface area (Å²) in [5, 5.41) is 1.85. The zero-order valence-corrected chi connectivity index (χ0v) is 19.4. The van der Waals surface area contributed by atoms with Gasteiger partial charge in [0.2, 0.25) is 10.0 Å². The number of alkyl halides is 3. The summed E-state index contributed by atoms with van der Waals surface area (Å²) in [5.74, 6) is -0.394. The summed E-state index contributed by atoms with van der Waals surface area (Å²) in [4.78, 5) is 12.2. The van der Waals surface area contributed by atoms with Gasteiger partial charge in [-0.15, -0.1) is 0 Å². The number of benzene rings is 2. The molecule has 1 aliphatic rings. The first kappa shape index (κ1) is 25.3. The van der Waals surface area contributed by atoms with E-state index >= 15 is 0 Å². The maximum atomic E-state index is 13.0. The number of carbonyl (C=O) groups excluding carboxylic acids is 1. The van der Waals surface area contributed by atoms with Gasteiger partial charge in [-0.2, -0.15) is 13.2 Å². The van der Waals surface area contributed by atoms with Crippen LogP contribution < -0.4 is 14.8 Å². The molecular weight excluding hydrogens is 481 g/mol. The van der Waals surface area contributed by atoms with Gasteiger partial charge in [0.25, 0.3) is 5.91 Å². The maximum Gasteiger partial charge on any atom is 0.417 e. The quantitative estimate of drug-likeness (QED) is 0.536. The van der Waals surface area contributed by atoms with E-state index in [9.17, 15) is 26.4 Å². The van der Waals surface area contributed by atoms with Crippen molar-refractivity contribution < 1.29 is 31.1 Å². The van der Waals surface area contributed by atoms with Gasteiger partial charge in [-0.05, 0) is 61.7 Å². The van der Waals surface area contributed by atoms with Crippen molar-refractivity contribution in [1.82, 2.24) is 4.72 Å². The molecule has 1 amide bonds. The predicted molar refractivity (Wildman–Crippen MR) is 119 cm³/mol. The first-order valence-corrected chi connectivity index (χ1v) is 12.2. The lowest BCUT2D eigenvalue weighted by atomic mass is 9.96. The van der Waals surface area contributed by atoms with Gasteiger partial charge in [-0.1, -0.05) is 30.9 Å². The molecule has 1 saturated carbocycles. The Hall–Kier alpha value is -2.30. The molecule has 0 heterocycles. The number of halogens is 4. The first-order chi connectivity index (χ1) is 15.5. The lowest BCUT2D eigenvalue weighted by Crippen LogP contribution is -2.36. The minimum atomic E-state index is -4.65. The van der Waals surface area contributed by atoms with Gasteiger partial charge in [0, 0.05) is 11.7 Å². The number of nitrogens with one attached hydrogen (secondary N) is 2. The second kappa shape index (κ2) is 10.3. The molecule has 0 aliphatic heterocycles. The second-order valence-corrected chi connectivity index (χ2v) is 10.0. The molecule has 1 fully saturated rings. The number of carbonyl (C=O) groups is 1. The van der Waals surface area contributed by atoms with Crippen LogP contribution in [0.5, 0.6) is 5.75 Å². The number of hydrogen-bond acceptors (Lipinski definition) is 4. The highest BCUT2D eigenvalue weighted by Gasteiger charge is 2.33. The zero-order valence-electron chi connectivity index (χ0n) is 17.8. The van der Waals surface area contributed by atoms with Crippen molar-refractivity contribution in [3.8, 4) is 5.75 Å². The van der Waals surface area contributed by atoms with Crippen LogP contribution in [-0.4, -0.2) is 27.0 Å². The molecule has 0 saturated heterocycles. The van der Waals surface area contributed by atoms with E-state index in [1.54, 1.807) is 6.92 Å². The Morgan fingerprint density at radius 2 is 1.82 bits per heavy atom. The topological polar surface area (TPSA) is 84.5 Å². The average Bonchev–Trinajstić information content (AvgIpc) is 2.74. The van der Waals surface area contributed by atoms with E-state index in [4.69, 9.17) is 16.3 Å². The van der Waals surface area contributed by atoms with Gasteiger partial charge in [0.15, 0.2) is 6.61 Å². The van der Waals surface area contributed by atoms with Crippen molar-refractivity contribution in [2.75, 3.05) is 11.9 Å². The van der Waals surface area contributed by atoms with Crippen molar-refractivity contribution >= 4 is 33.2 Å². The van der Waals surface area contributed by atoms with Gasteiger partial charge in [-0.3, -0.25) is 4.79 Å². The first-order valence-electron chi connectivity index (χ1n) is 10.4. The summed E-state index contributed by atoms with van der Waals surface area (Å²) in [5.41, 5.74) is -0.634. The second-order valence-electron chi connectivity index (χ2n) is 7.91. The number of rotatable bonds is 7. The molecule has 3 rings (SSSR count). The lowest BCUT2D eigenvalue weighted by Gasteiger charge is -2.22. The monoisotopic (exact) mass is 504 g/mol. The summed E-state index contributed by atoms with van der Waals surface area (Å²) in [7, 11) is -3.68. The van der Waals surface area contributed by atoms with Crippen LogP contribution in [0.2, 0.25) is 5.02 Å². The number of amides is 1. The molecule has 1 aliphatic carbocycles. The third-order valence-electron chi connectivity index (χ3n) is 5.30. The van der Waals surface area contributed by atoms with Crippen molar-refractivity contribution in [2.24, 2.45) is 0 Å². The molecule has 0 spiro atoms. The van der Waals surface area contributed by atoms with Crippen molar-refractivity contribution in [3.63, 3.8) is 0 Å². The van der Waals surface area contributed by atoms with E-state index < -0.39 is 39.3 Å². The molecule has 2 aromatic rings. The van der Waals surface area contributed by atoms with Crippen LogP contribution in [0.25, 0.3) is 0 Å². The van der Waals surface area contributed by atoms with E-state index in [2.05, 4.69) is 10.0 Å². The molecule has 0 aromatic heterocycles. The summed E-state index contributed by atoms with van der Waals surface area (Å²) in [6.07, 6.45) is 0.0697. The fourth-order valence-electron chi connectivity index (χ4n) is 3.62. The van der Waals surface area contributed by atoms with Crippen LogP contribution in [0.1, 0.15) is 43.2 Å². The summed E-state index contributed by atoms with van der Waals surface area (Å²) < 4.78 is 72.3. The average molecular weight is 505 g/mol. The minimum Gasteiger partial charge on any atom is -0.483 e. The van der Waals surface area contributed by atoms with Gasteiger partial charge in [-0.25, -0.2) is 13.1 Å². The number of hydrogen-bond donors (Lipinski definition) is 2. The van der Waals surface area contributed by atoms with Gasteiger partial charge >= 0.3 is 6.18 Å². The van der Waals surface area contributed by atoms with Crippen LogP contribution in [-0.2, 0) is 21.0 Å². The Balaban J connectivity index is 1.61. The summed E-state index contributed by atoms with van der Waals surface area (Å²) in [6.45, 7) is 1.17. The fourth-order valence-corrected chi connectivity index (χ4v) is 5.23. The number of anilines is 1. The Kier molecular flexibility index (Phi) is 7.92. The fraction of sp³-hybridized carbons (Fsp3) is 0.409. The van der Waals surface area contributed by atoms with Crippen LogP contribution in [0, 0.1) is 6.92 Å². The van der Waals surface area contributed by atoms with Crippen LogP contribution in [0.3, 0.4) is 0 Å². The Morgan fingerprint density at radius 3 is 2.45 bits per heavy atom. The van der Waals surface area contributed by atoms with Crippen molar-refractivity contribution in [3.05, 3.63) is 52.5 Å². The van der Waals surface area contributed by atoms with Crippen molar-refractivity contribution in [2.45, 2.75) is 56.1 Å². The predicted octanol–water partition coefficient (Wildman–Crippen LogP) is 5.30. The van der Waals surface area contributed by atoms with Crippen LogP contribution >= 0.6 is 11.6 Å². The number of sulfonamides is 1. The minimum absolute atomic E-state index is 0.0746. The Labute approximate surface area is 195 Å². The molecule has 0 unspecified atom stereocenters. The van der Waals surface area contributed by atoms with Gasteiger partial charge in [0.05, 0.1) is 15.5 Å². The standard InChI is InChI=1S/C22H24ClF3N2O4S/c1-14-11-17(33(30,31)28-15-5-3-2-4-6-15)8-10-20(14)32-13-21(29)27-16-7-9-19(23)18(12-16)22(24,25)26/h7-12,15,28H,2-6,13H2,1H3,(H,27,29). The SMILES string of the molecule is Cc1cc(S(=O)(=O)NC2CCCCC2)ccc1OCC(=O)Nc1ccc(Cl)c(C(F)(F)F)c1. The summed E-state index contributed by atoms with van der Waals surface area (Å²) in [6, 6.07) is 7.25. The van der Waals surface area contributed by atoms with E-state index in [0.717, 1.165) is 44.2 Å². The molecule has 0 atom stereocenters. The molecular formula is C22H24ClF3N2O4S. The highest BCUT2D eigenvalue weighted by molar-refractivity contribution is 7.89. The molecule has 6 nitrogen and oxygen atoms in total. The van der Waals surface area contributed by atoms with Crippen LogP contribution in [0.4, 0.5) is 18.9 Å². The number of ether oxygens (including phenoxy) is 1. The summed E-state index contributed by atoms with van der Waals surface area (Å²) >= 11 is 5.57. The Morgan fingerprint density at radius 1 is 1.12 bits per heavy atom. The van der Waals surface area contributed by atoms with Crippen molar-refractivity contribution in [1.29, 1.82) is 0 Å². The molecule has 2 N–H and O–H groups in total. The Bertz CT molecular complexity index is 1120. The lowest BCUT2D eigenvalue weighted by molar-refractivity contribution is -0.137. The molecule has 180 valence electrons. The number of aryl methyl sites for hydroxylation is 1.